The maximum Gasteiger partial charge on any atom is 0.193 e. The highest BCUT2D eigenvalue weighted by Crippen LogP contribution is 2.46. The summed E-state index contributed by atoms with van der Waals surface area (Å²) in [7, 11) is 4.03. The van der Waals surface area contributed by atoms with Gasteiger partial charge in [0.25, 0.3) is 0 Å². The molecular weight excluding hydrogens is 298 g/mol. The highest BCUT2D eigenvalue weighted by atomic mass is 16.5. The van der Waals surface area contributed by atoms with Crippen LogP contribution in [0.1, 0.15) is 37.2 Å². The summed E-state index contributed by atoms with van der Waals surface area (Å²) < 4.78 is 5.44. The van der Waals surface area contributed by atoms with Crippen molar-refractivity contribution in [3.8, 4) is 0 Å². The Balaban J connectivity index is 1.39. The number of ether oxygens (including phenoxy) is 1. The molecule has 2 unspecified atom stereocenters. The van der Waals surface area contributed by atoms with E-state index in [2.05, 4.69) is 52.6 Å². The third kappa shape index (κ3) is 4.73. The molecule has 132 valence electrons. The Kier molecular flexibility index (Phi) is 6.13. The molecule has 1 aliphatic carbocycles. The van der Waals surface area contributed by atoms with E-state index < -0.39 is 0 Å². The van der Waals surface area contributed by atoms with Crippen LogP contribution in [0.3, 0.4) is 0 Å². The van der Waals surface area contributed by atoms with Crippen molar-refractivity contribution < 1.29 is 4.74 Å². The minimum absolute atomic E-state index is 0.726. The van der Waals surface area contributed by atoms with Crippen molar-refractivity contribution in [1.82, 2.24) is 10.2 Å². The smallest absolute Gasteiger partial charge is 0.193 e. The predicted molar refractivity (Wildman–Crippen MR) is 99.4 cm³/mol. The number of aliphatic imine (C=N–C) groups is 1. The molecule has 0 bridgehead atoms. The van der Waals surface area contributed by atoms with Gasteiger partial charge in [0.15, 0.2) is 5.96 Å². The van der Waals surface area contributed by atoms with Crippen LogP contribution >= 0.6 is 0 Å². The van der Waals surface area contributed by atoms with E-state index in [1.165, 1.54) is 31.2 Å². The lowest BCUT2D eigenvalue weighted by atomic mass is 9.96. The average molecular weight is 329 g/mol. The highest BCUT2D eigenvalue weighted by Gasteiger charge is 2.37. The number of hydrogen-bond acceptors (Lipinski definition) is 2. The third-order valence-electron chi connectivity index (χ3n) is 5.46. The zero-order valence-electron chi connectivity index (χ0n) is 15.1. The van der Waals surface area contributed by atoms with Gasteiger partial charge in [-0.3, -0.25) is 4.99 Å². The lowest BCUT2D eigenvalue weighted by Crippen LogP contribution is -2.41. The Labute approximate surface area is 146 Å². The molecule has 1 aliphatic heterocycles. The molecule has 24 heavy (non-hydrogen) atoms. The first-order valence-electron chi connectivity index (χ1n) is 9.32. The Morgan fingerprint density at radius 2 is 2.00 bits per heavy atom. The van der Waals surface area contributed by atoms with Crippen LogP contribution in [0.25, 0.3) is 0 Å². The van der Waals surface area contributed by atoms with Crippen molar-refractivity contribution in [2.45, 2.75) is 31.6 Å². The highest BCUT2D eigenvalue weighted by molar-refractivity contribution is 5.79. The van der Waals surface area contributed by atoms with Gasteiger partial charge in [0.2, 0.25) is 0 Å². The molecular formula is C20H31N3O. The average Bonchev–Trinajstić information content (AvgIpc) is 3.42. The summed E-state index contributed by atoms with van der Waals surface area (Å²) in [6.07, 6.45) is 4.94. The lowest BCUT2D eigenvalue weighted by Gasteiger charge is -2.26. The van der Waals surface area contributed by atoms with E-state index in [0.717, 1.165) is 50.0 Å². The van der Waals surface area contributed by atoms with Crippen LogP contribution in [0.15, 0.2) is 35.3 Å². The Morgan fingerprint density at radius 1 is 1.25 bits per heavy atom. The van der Waals surface area contributed by atoms with Crippen molar-refractivity contribution in [2.24, 2.45) is 16.8 Å². The second-order valence-corrected chi connectivity index (χ2v) is 7.21. The summed E-state index contributed by atoms with van der Waals surface area (Å²) in [5.41, 5.74) is 1.48. The zero-order valence-corrected chi connectivity index (χ0v) is 15.1. The van der Waals surface area contributed by atoms with Crippen LogP contribution in [0, 0.1) is 11.8 Å². The predicted octanol–water partition coefficient (Wildman–Crippen LogP) is 3.11. The Hall–Kier alpha value is -1.55. The van der Waals surface area contributed by atoms with Gasteiger partial charge < -0.3 is 15.0 Å². The van der Waals surface area contributed by atoms with Gasteiger partial charge in [0, 0.05) is 40.4 Å². The van der Waals surface area contributed by atoms with E-state index in [-0.39, 0.29) is 0 Å². The van der Waals surface area contributed by atoms with Crippen LogP contribution in [0.4, 0.5) is 0 Å². The number of guanidine groups is 1. The van der Waals surface area contributed by atoms with Gasteiger partial charge in [-0.2, -0.15) is 0 Å². The van der Waals surface area contributed by atoms with E-state index in [4.69, 9.17) is 4.74 Å². The van der Waals surface area contributed by atoms with E-state index in [1.54, 1.807) is 0 Å². The van der Waals surface area contributed by atoms with Crippen LogP contribution < -0.4 is 5.32 Å². The first-order valence-corrected chi connectivity index (χ1v) is 9.32. The maximum absolute atomic E-state index is 5.44. The molecule has 1 aromatic rings. The molecule has 0 aromatic heterocycles. The first kappa shape index (κ1) is 17.3. The molecule has 1 aromatic carbocycles. The largest absolute Gasteiger partial charge is 0.381 e. The fraction of sp³-hybridized carbons (Fsp3) is 0.650. The van der Waals surface area contributed by atoms with Gasteiger partial charge in [-0.05, 0) is 49.0 Å². The molecule has 4 nitrogen and oxygen atoms in total. The third-order valence-corrected chi connectivity index (χ3v) is 5.46. The second-order valence-electron chi connectivity index (χ2n) is 7.21. The summed E-state index contributed by atoms with van der Waals surface area (Å²) in [6, 6.07) is 10.9. The molecule has 1 saturated heterocycles. The monoisotopic (exact) mass is 329 g/mol. The van der Waals surface area contributed by atoms with E-state index in [1.807, 2.05) is 7.05 Å². The van der Waals surface area contributed by atoms with Gasteiger partial charge >= 0.3 is 0 Å². The Bertz CT molecular complexity index is 525. The number of nitrogens with zero attached hydrogens (tertiary/aromatic N) is 2. The van der Waals surface area contributed by atoms with Crippen molar-refractivity contribution in [3.05, 3.63) is 35.9 Å². The quantitative estimate of drug-likeness (QED) is 0.643. The standard InChI is InChI=1S/C20H31N3O/c1-21-20(23(2)11-8-16-9-12-24-13-10-16)22-15-18-14-19(18)17-6-4-3-5-7-17/h3-7,16,18-19H,8-15H2,1-2H3,(H,21,22). The van der Waals surface area contributed by atoms with Crippen molar-refractivity contribution in [1.29, 1.82) is 0 Å². The molecule has 1 N–H and O–H groups in total. The summed E-state index contributed by atoms with van der Waals surface area (Å²) in [5.74, 6) is 3.31. The molecule has 0 spiro atoms. The van der Waals surface area contributed by atoms with Gasteiger partial charge in [0.1, 0.15) is 0 Å². The summed E-state index contributed by atoms with van der Waals surface area (Å²) in [4.78, 5) is 6.73. The van der Waals surface area contributed by atoms with Crippen molar-refractivity contribution in [3.63, 3.8) is 0 Å². The molecule has 4 heteroatoms. The minimum atomic E-state index is 0.726. The maximum atomic E-state index is 5.44. The van der Waals surface area contributed by atoms with Crippen LogP contribution in [0.2, 0.25) is 0 Å². The normalized spacial score (nSPS) is 24.7. The fourth-order valence-corrected chi connectivity index (χ4v) is 3.71. The number of rotatable bonds is 6. The van der Waals surface area contributed by atoms with E-state index >= 15 is 0 Å². The number of benzene rings is 1. The molecule has 0 amide bonds. The second kappa shape index (κ2) is 8.52. The molecule has 1 heterocycles. The van der Waals surface area contributed by atoms with Crippen LogP contribution in [-0.4, -0.2) is 51.3 Å². The topological polar surface area (TPSA) is 36.9 Å². The van der Waals surface area contributed by atoms with Crippen molar-refractivity contribution >= 4 is 5.96 Å². The molecule has 2 fully saturated rings. The Morgan fingerprint density at radius 3 is 2.71 bits per heavy atom. The summed E-state index contributed by atoms with van der Waals surface area (Å²) >= 11 is 0. The molecule has 1 saturated carbocycles. The van der Waals surface area contributed by atoms with E-state index in [0.29, 0.717) is 0 Å². The van der Waals surface area contributed by atoms with Gasteiger partial charge in [-0.1, -0.05) is 30.3 Å². The molecule has 2 atom stereocenters. The van der Waals surface area contributed by atoms with Gasteiger partial charge in [-0.15, -0.1) is 0 Å². The zero-order chi connectivity index (χ0) is 16.8. The first-order chi connectivity index (χ1) is 11.8. The molecule has 3 rings (SSSR count). The SMILES string of the molecule is CN=C(NCC1CC1c1ccccc1)N(C)CCC1CCOCC1. The molecule has 2 aliphatic rings. The fourth-order valence-electron chi connectivity index (χ4n) is 3.71. The minimum Gasteiger partial charge on any atom is -0.381 e. The summed E-state index contributed by atoms with van der Waals surface area (Å²) in [6.45, 7) is 3.96. The summed E-state index contributed by atoms with van der Waals surface area (Å²) in [5, 5.41) is 3.57. The van der Waals surface area contributed by atoms with E-state index in [9.17, 15) is 0 Å². The van der Waals surface area contributed by atoms with Crippen molar-refractivity contribution in [2.75, 3.05) is 40.4 Å². The lowest BCUT2D eigenvalue weighted by molar-refractivity contribution is 0.0625. The van der Waals surface area contributed by atoms with Gasteiger partial charge in [-0.25, -0.2) is 0 Å². The number of hydrogen-bond donors (Lipinski definition) is 1. The van der Waals surface area contributed by atoms with Gasteiger partial charge in [0.05, 0.1) is 0 Å². The van der Waals surface area contributed by atoms with Crippen LogP contribution in [0.5, 0.6) is 0 Å². The van der Waals surface area contributed by atoms with Crippen LogP contribution in [-0.2, 0) is 4.74 Å². The molecule has 0 radical (unpaired) electrons. The number of nitrogens with one attached hydrogen (secondary N) is 1.